The average molecular weight is 325 g/mol. The molecule has 0 aliphatic rings. The first-order chi connectivity index (χ1) is 8.56. The number of nitrogens with zero attached hydrogens (tertiary/aromatic N) is 1. The number of rotatable bonds is 4. The molecule has 0 saturated carbocycles. The Balaban J connectivity index is 2.04. The van der Waals surface area contributed by atoms with Crippen molar-refractivity contribution in [2.24, 2.45) is 0 Å². The van der Waals surface area contributed by atoms with E-state index in [2.05, 4.69) is 58.4 Å². The minimum Gasteiger partial charge on any atom is -0.399 e. The van der Waals surface area contributed by atoms with Crippen LogP contribution in [-0.4, -0.2) is 11.9 Å². The fourth-order valence-corrected chi connectivity index (χ4v) is 3.08. The van der Waals surface area contributed by atoms with Gasteiger partial charge in [0.2, 0.25) is 0 Å². The van der Waals surface area contributed by atoms with Gasteiger partial charge in [0, 0.05) is 18.3 Å². The Bertz CT molecular complexity index is 507. The Morgan fingerprint density at radius 2 is 2.00 bits per heavy atom. The maximum atomic E-state index is 5.71. The van der Waals surface area contributed by atoms with Crippen molar-refractivity contribution in [1.82, 2.24) is 4.90 Å². The zero-order chi connectivity index (χ0) is 13.1. The quantitative estimate of drug-likeness (QED) is 0.850. The van der Waals surface area contributed by atoms with E-state index in [1.807, 2.05) is 12.1 Å². The van der Waals surface area contributed by atoms with Crippen LogP contribution in [0.4, 0.5) is 5.69 Å². The average Bonchev–Trinajstić information content (AvgIpc) is 2.75. The smallest absolute Gasteiger partial charge is 0.0701 e. The molecule has 1 heterocycles. The predicted molar refractivity (Wildman–Crippen MR) is 82.8 cm³/mol. The van der Waals surface area contributed by atoms with Crippen LogP contribution in [0.15, 0.2) is 39.5 Å². The lowest BCUT2D eigenvalue weighted by atomic mass is 10.1. The second kappa shape index (κ2) is 5.87. The molecular formula is C14H17BrN2S. The highest BCUT2D eigenvalue weighted by molar-refractivity contribution is 9.11. The predicted octanol–water partition coefficient (Wildman–Crippen LogP) is 4.29. The first-order valence-electron chi connectivity index (χ1n) is 5.85. The SMILES string of the molecule is CC(c1ccc(N)cc1)N(C)Cc1csc(Br)c1. The summed E-state index contributed by atoms with van der Waals surface area (Å²) in [5.41, 5.74) is 9.16. The standard InChI is InChI=1S/C14H17BrN2S/c1-10(12-3-5-13(16)6-4-12)17(2)8-11-7-14(15)18-9-11/h3-7,9-10H,8,16H2,1-2H3. The van der Waals surface area contributed by atoms with Crippen LogP contribution in [0.1, 0.15) is 24.1 Å². The monoisotopic (exact) mass is 324 g/mol. The Kier molecular flexibility index (Phi) is 4.43. The van der Waals surface area contributed by atoms with Crippen molar-refractivity contribution < 1.29 is 0 Å². The highest BCUT2D eigenvalue weighted by Gasteiger charge is 2.12. The molecule has 1 atom stereocenters. The summed E-state index contributed by atoms with van der Waals surface area (Å²) in [6.07, 6.45) is 0. The first-order valence-corrected chi connectivity index (χ1v) is 7.52. The van der Waals surface area contributed by atoms with E-state index in [-0.39, 0.29) is 0 Å². The molecule has 0 aliphatic carbocycles. The van der Waals surface area contributed by atoms with E-state index in [1.165, 1.54) is 14.9 Å². The number of anilines is 1. The van der Waals surface area contributed by atoms with Gasteiger partial charge < -0.3 is 5.73 Å². The van der Waals surface area contributed by atoms with Crippen LogP contribution in [0.3, 0.4) is 0 Å². The molecule has 1 unspecified atom stereocenters. The molecule has 0 spiro atoms. The first kappa shape index (κ1) is 13.6. The van der Waals surface area contributed by atoms with Crippen LogP contribution in [0.25, 0.3) is 0 Å². The van der Waals surface area contributed by atoms with E-state index < -0.39 is 0 Å². The summed E-state index contributed by atoms with van der Waals surface area (Å²) in [4.78, 5) is 2.33. The van der Waals surface area contributed by atoms with Gasteiger partial charge in [-0.15, -0.1) is 11.3 Å². The zero-order valence-corrected chi connectivity index (χ0v) is 13.0. The van der Waals surface area contributed by atoms with Crippen molar-refractivity contribution in [3.8, 4) is 0 Å². The Morgan fingerprint density at radius 3 is 2.56 bits per heavy atom. The number of halogens is 1. The molecule has 0 fully saturated rings. The van der Waals surface area contributed by atoms with E-state index in [4.69, 9.17) is 5.73 Å². The summed E-state index contributed by atoms with van der Waals surface area (Å²) in [6, 6.07) is 10.7. The van der Waals surface area contributed by atoms with Gasteiger partial charge >= 0.3 is 0 Å². The highest BCUT2D eigenvalue weighted by Crippen LogP contribution is 2.25. The Hall–Kier alpha value is -0.840. The summed E-state index contributed by atoms with van der Waals surface area (Å²) in [5, 5.41) is 2.19. The lowest BCUT2D eigenvalue weighted by Crippen LogP contribution is -2.21. The molecule has 1 aromatic carbocycles. The van der Waals surface area contributed by atoms with Crippen LogP contribution in [0.5, 0.6) is 0 Å². The van der Waals surface area contributed by atoms with Crippen molar-refractivity contribution in [3.05, 3.63) is 50.6 Å². The molecule has 0 radical (unpaired) electrons. The van der Waals surface area contributed by atoms with Crippen molar-refractivity contribution in [2.75, 3.05) is 12.8 Å². The van der Waals surface area contributed by atoms with Crippen molar-refractivity contribution in [3.63, 3.8) is 0 Å². The van der Waals surface area contributed by atoms with Gasteiger partial charge in [-0.05, 0) is 64.6 Å². The van der Waals surface area contributed by atoms with Gasteiger partial charge in [0.05, 0.1) is 3.79 Å². The van der Waals surface area contributed by atoms with E-state index in [0.717, 1.165) is 12.2 Å². The molecule has 0 amide bonds. The lowest BCUT2D eigenvalue weighted by Gasteiger charge is -2.24. The molecule has 0 saturated heterocycles. The maximum Gasteiger partial charge on any atom is 0.0701 e. The summed E-state index contributed by atoms with van der Waals surface area (Å²) in [5.74, 6) is 0. The molecule has 2 N–H and O–H groups in total. The van der Waals surface area contributed by atoms with E-state index in [1.54, 1.807) is 11.3 Å². The molecular weight excluding hydrogens is 308 g/mol. The van der Waals surface area contributed by atoms with Gasteiger partial charge in [-0.3, -0.25) is 4.90 Å². The summed E-state index contributed by atoms with van der Waals surface area (Å²) in [7, 11) is 2.15. The van der Waals surface area contributed by atoms with Gasteiger partial charge in [-0.1, -0.05) is 12.1 Å². The molecule has 2 nitrogen and oxygen atoms in total. The summed E-state index contributed by atoms with van der Waals surface area (Å²) in [6.45, 7) is 3.17. The third-order valence-electron chi connectivity index (χ3n) is 3.13. The molecule has 0 bridgehead atoms. The molecule has 0 aliphatic heterocycles. The fraction of sp³-hybridized carbons (Fsp3) is 0.286. The zero-order valence-electron chi connectivity index (χ0n) is 10.6. The Morgan fingerprint density at radius 1 is 1.33 bits per heavy atom. The third kappa shape index (κ3) is 3.34. The van der Waals surface area contributed by atoms with Gasteiger partial charge in [-0.2, -0.15) is 0 Å². The number of nitrogen functional groups attached to an aromatic ring is 1. The Labute approximate surface area is 121 Å². The van der Waals surface area contributed by atoms with Crippen LogP contribution in [-0.2, 0) is 6.54 Å². The number of hydrogen-bond donors (Lipinski definition) is 1. The summed E-state index contributed by atoms with van der Waals surface area (Å²) < 4.78 is 1.19. The lowest BCUT2D eigenvalue weighted by molar-refractivity contribution is 0.253. The van der Waals surface area contributed by atoms with Crippen LogP contribution in [0.2, 0.25) is 0 Å². The van der Waals surface area contributed by atoms with Gasteiger partial charge in [-0.25, -0.2) is 0 Å². The van der Waals surface area contributed by atoms with Crippen LogP contribution in [0, 0.1) is 0 Å². The number of hydrogen-bond acceptors (Lipinski definition) is 3. The summed E-state index contributed by atoms with van der Waals surface area (Å²) >= 11 is 5.23. The fourth-order valence-electron chi connectivity index (χ4n) is 1.88. The van der Waals surface area contributed by atoms with Crippen molar-refractivity contribution in [2.45, 2.75) is 19.5 Å². The molecule has 2 aromatic rings. The van der Waals surface area contributed by atoms with Gasteiger partial charge in [0.1, 0.15) is 0 Å². The second-order valence-electron chi connectivity index (χ2n) is 4.52. The van der Waals surface area contributed by atoms with E-state index in [9.17, 15) is 0 Å². The van der Waals surface area contributed by atoms with Crippen LogP contribution >= 0.6 is 27.3 Å². The third-order valence-corrected chi connectivity index (χ3v) is 4.69. The molecule has 1 aromatic heterocycles. The largest absolute Gasteiger partial charge is 0.399 e. The molecule has 2 rings (SSSR count). The van der Waals surface area contributed by atoms with E-state index >= 15 is 0 Å². The van der Waals surface area contributed by atoms with Crippen molar-refractivity contribution >= 4 is 33.0 Å². The molecule has 4 heteroatoms. The molecule has 18 heavy (non-hydrogen) atoms. The topological polar surface area (TPSA) is 29.3 Å². The number of thiophene rings is 1. The second-order valence-corrected chi connectivity index (χ2v) is 6.81. The minimum absolute atomic E-state index is 0.379. The normalized spacial score (nSPS) is 12.9. The van der Waals surface area contributed by atoms with Crippen molar-refractivity contribution in [1.29, 1.82) is 0 Å². The highest BCUT2D eigenvalue weighted by atomic mass is 79.9. The number of nitrogens with two attached hydrogens (primary N) is 1. The van der Waals surface area contributed by atoms with Crippen LogP contribution < -0.4 is 5.73 Å². The van der Waals surface area contributed by atoms with Gasteiger partial charge in [0.25, 0.3) is 0 Å². The van der Waals surface area contributed by atoms with E-state index in [0.29, 0.717) is 6.04 Å². The van der Waals surface area contributed by atoms with Gasteiger partial charge in [0.15, 0.2) is 0 Å². The number of benzene rings is 1. The minimum atomic E-state index is 0.379. The molecule has 96 valence electrons. The maximum absolute atomic E-state index is 5.71.